The average Bonchev–Trinajstić information content (AvgIpc) is 2.27. The molecule has 7 nitrogen and oxygen atoms in total. The van der Waals surface area contributed by atoms with Crippen LogP contribution in [0.4, 0.5) is 10.5 Å². The van der Waals surface area contributed by atoms with Gasteiger partial charge in [0, 0.05) is 0 Å². The second kappa shape index (κ2) is 5.44. The van der Waals surface area contributed by atoms with E-state index in [4.69, 9.17) is 5.11 Å². The summed E-state index contributed by atoms with van der Waals surface area (Å²) in [4.78, 5) is 28.9. The molecule has 0 fully saturated rings. The Kier molecular flexibility index (Phi) is 3.96. The molecule has 0 unspecified atom stereocenters. The molecular formula is C9H9N3O4. The number of hydrogen-bond acceptors (Lipinski definition) is 5. The van der Waals surface area contributed by atoms with Gasteiger partial charge in [-0.1, -0.05) is 12.7 Å². The quantitative estimate of drug-likeness (QED) is 0.735. The fraction of sp³-hybridized carbons (Fsp3) is 0.111. The van der Waals surface area contributed by atoms with Crippen LogP contribution in [0.5, 0.6) is 0 Å². The highest BCUT2D eigenvalue weighted by atomic mass is 16.5. The van der Waals surface area contributed by atoms with E-state index in [1.54, 1.807) is 0 Å². The normalized spacial score (nSPS) is 9.25. The van der Waals surface area contributed by atoms with Crippen molar-refractivity contribution in [2.45, 2.75) is 0 Å². The van der Waals surface area contributed by atoms with Crippen molar-refractivity contribution in [3.63, 3.8) is 0 Å². The van der Waals surface area contributed by atoms with E-state index in [1.807, 2.05) is 0 Å². The lowest BCUT2D eigenvalue weighted by Gasteiger charge is -2.06. The smallest absolute Gasteiger partial charge is 0.412 e. The predicted molar refractivity (Wildman–Crippen MR) is 54.2 cm³/mol. The van der Waals surface area contributed by atoms with Crippen LogP contribution in [0.25, 0.3) is 0 Å². The van der Waals surface area contributed by atoms with Crippen LogP contribution < -0.4 is 5.32 Å². The molecule has 0 radical (unpaired) electrons. The number of aromatic nitrogens is 2. The van der Waals surface area contributed by atoms with E-state index in [-0.39, 0.29) is 18.0 Å². The first kappa shape index (κ1) is 11.6. The summed E-state index contributed by atoms with van der Waals surface area (Å²) in [6, 6.07) is 0. The van der Waals surface area contributed by atoms with Crippen LogP contribution in [-0.2, 0) is 4.74 Å². The lowest BCUT2D eigenvalue weighted by Crippen LogP contribution is -2.17. The zero-order chi connectivity index (χ0) is 12.0. The van der Waals surface area contributed by atoms with Crippen LogP contribution in [0.3, 0.4) is 0 Å². The van der Waals surface area contributed by atoms with E-state index in [0.29, 0.717) is 0 Å². The second-order valence-electron chi connectivity index (χ2n) is 2.60. The molecule has 1 heterocycles. The standard InChI is InChI=1S/C9H9N3O4/c1-2-3-16-9(15)12-6-4-10-5-11-7(6)8(13)14/h2,4-5H,1,3H2,(H,12,15)(H,13,14). The number of ether oxygens (including phenoxy) is 1. The summed E-state index contributed by atoms with van der Waals surface area (Å²) in [5, 5.41) is 11.0. The highest BCUT2D eigenvalue weighted by Crippen LogP contribution is 2.10. The van der Waals surface area contributed by atoms with Crippen LogP contribution in [0.15, 0.2) is 25.2 Å². The van der Waals surface area contributed by atoms with E-state index in [0.717, 1.165) is 6.33 Å². The van der Waals surface area contributed by atoms with Crippen molar-refractivity contribution in [1.82, 2.24) is 9.97 Å². The molecule has 1 amide bonds. The minimum Gasteiger partial charge on any atom is -0.476 e. The third-order valence-electron chi connectivity index (χ3n) is 1.48. The molecule has 0 aliphatic rings. The maximum atomic E-state index is 11.1. The summed E-state index contributed by atoms with van der Waals surface area (Å²) in [6.07, 6.45) is 2.84. The molecule has 0 aliphatic carbocycles. The van der Waals surface area contributed by atoms with Gasteiger partial charge in [-0.25, -0.2) is 19.6 Å². The minimum absolute atomic E-state index is 0.0240. The number of nitrogens with one attached hydrogen (secondary N) is 1. The van der Waals surface area contributed by atoms with Gasteiger partial charge in [0.25, 0.3) is 0 Å². The largest absolute Gasteiger partial charge is 0.476 e. The SMILES string of the molecule is C=CCOC(=O)Nc1cncnc1C(=O)O. The Morgan fingerprint density at radius 2 is 2.38 bits per heavy atom. The van der Waals surface area contributed by atoms with Gasteiger partial charge in [-0.05, 0) is 0 Å². The topological polar surface area (TPSA) is 101 Å². The molecule has 0 atom stereocenters. The van der Waals surface area contributed by atoms with E-state index < -0.39 is 12.1 Å². The van der Waals surface area contributed by atoms with Crippen molar-refractivity contribution in [1.29, 1.82) is 0 Å². The number of hydrogen-bond donors (Lipinski definition) is 2. The highest BCUT2D eigenvalue weighted by Gasteiger charge is 2.14. The maximum absolute atomic E-state index is 11.1. The molecule has 1 aromatic heterocycles. The molecule has 2 N–H and O–H groups in total. The van der Waals surface area contributed by atoms with Gasteiger partial charge in [-0.3, -0.25) is 5.32 Å². The Morgan fingerprint density at radius 3 is 3.00 bits per heavy atom. The monoisotopic (exact) mass is 223 g/mol. The van der Waals surface area contributed by atoms with Crippen molar-refractivity contribution in [3.8, 4) is 0 Å². The summed E-state index contributed by atoms with van der Waals surface area (Å²) in [6.45, 7) is 3.39. The molecule has 0 aromatic carbocycles. The molecular weight excluding hydrogens is 214 g/mol. The number of carbonyl (C=O) groups is 2. The van der Waals surface area contributed by atoms with Gasteiger partial charge in [0.15, 0.2) is 5.69 Å². The van der Waals surface area contributed by atoms with E-state index >= 15 is 0 Å². The van der Waals surface area contributed by atoms with Gasteiger partial charge >= 0.3 is 12.1 Å². The molecule has 84 valence electrons. The number of carboxylic acids is 1. The van der Waals surface area contributed by atoms with Gasteiger partial charge in [0.1, 0.15) is 12.9 Å². The Labute approximate surface area is 90.8 Å². The van der Waals surface area contributed by atoms with Crippen LogP contribution in [0.1, 0.15) is 10.5 Å². The van der Waals surface area contributed by atoms with Gasteiger partial charge in [0.05, 0.1) is 11.9 Å². The molecule has 1 rings (SSSR count). The molecule has 7 heteroatoms. The number of aromatic carboxylic acids is 1. The van der Waals surface area contributed by atoms with E-state index in [2.05, 4.69) is 26.6 Å². The zero-order valence-corrected chi connectivity index (χ0v) is 8.21. The minimum atomic E-state index is -1.26. The Morgan fingerprint density at radius 1 is 1.62 bits per heavy atom. The molecule has 0 saturated heterocycles. The first-order chi connectivity index (χ1) is 7.65. The third kappa shape index (κ3) is 3.05. The average molecular weight is 223 g/mol. The predicted octanol–water partition coefficient (Wildman–Crippen LogP) is 0.909. The van der Waals surface area contributed by atoms with Crippen molar-refractivity contribution < 1.29 is 19.4 Å². The summed E-state index contributed by atoms with van der Waals surface area (Å²) < 4.78 is 4.61. The lowest BCUT2D eigenvalue weighted by atomic mass is 10.3. The van der Waals surface area contributed by atoms with Gasteiger partial charge in [-0.15, -0.1) is 0 Å². The first-order valence-electron chi connectivity index (χ1n) is 4.23. The van der Waals surface area contributed by atoms with Crippen LogP contribution in [0.2, 0.25) is 0 Å². The fourth-order valence-electron chi connectivity index (χ4n) is 0.872. The van der Waals surface area contributed by atoms with Crippen LogP contribution in [-0.4, -0.2) is 33.7 Å². The van der Waals surface area contributed by atoms with Gasteiger partial charge in [0.2, 0.25) is 0 Å². The van der Waals surface area contributed by atoms with Crippen molar-refractivity contribution in [3.05, 3.63) is 30.9 Å². The van der Waals surface area contributed by atoms with Gasteiger partial charge < -0.3 is 9.84 Å². The number of anilines is 1. The highest BCUT2D eigenvalue weighted by molar-refractivity contribution is 5.96. The van der Waals surface area contributed by atoms with Crippen molar-refractivity contribution in [2.75, 3.05) is 11.9 Å². The first-order valence-corrected chi connectivity index (χ1v) is 4.23. The summed E-state index contributed by atoms with van der Waals surface area (Å²) in [7, 11) is 0. The second-order valence-corrected chi connectivity index (χ2v) is 2.60. The Hall–Kier alpha value is -2.44. The molecule has 1 aromatic rings. The molecule has 0 saturated carbocycles. The summed E-state index contributed by atoms with van der Waals surface area (Å²) >= 11 is 0. The molecule has 0 spiro atoms. The Bertz CT molecular complexity index is 419. The Balaban J connectivity index is 2.76. The van der Waals surface area contributed by atoms with Crippen LogP contribution in [0, 0.1) is 0 Å². The van der Waals surface area contributed by atoms with E-state index in [9.17, 15) is 9.59 Å². The molecule has 0 aliphatic heterocycles. The lowest BCUT2D eigenvalue weighted by molar-refractivity contribution is 0.0691. The molecule has 0 bridgehead atoms. The van der Waals surface area contributed by atoms with Crippen molar-refractivity contribution >= 4 is 17.7 Å². The number of nitrogens with zero attached hydrogens (tertiary/aromatic N) is 2. The maximum Gasteiger partial charge on any atom is 0.412 e. The fourth-order valence-corrected chi connectivity index (χ4v) is 0.872. The molecule has 16 heavy (non-hydrogen) atoms. The third-order valence-corrected chi connectivity index (χ3v) is 1.48. The van der Waals surface area contributed by atoms with Crippen molar-refractivity contribution in [2.24, 2.45) is 0 Å². The zero-order valence-electron chi connectivity index (χ0n) is 8.21. The number of carbonyl (C=O) groups excluding carboxylic acids is 1. The van der Waals surface area contributed by atoms with Gasteiger partial charge in [-0.2, -0.15) is 0 Å². The van der Waals surface area contributed by atoms with Crippen LogP contribution >= 0.6 is 0 Å². The number of carboxylic acid groups (broad SMARTS) is 1. The number of amides is 1. The summed E-state index contributed by atoms with van der Waals surface area (Å²) in [5.41, 5.74) is -0.324. The summed E-state index contributed by atoms with van der Waals surface area (Å²) in [5.74, 6) is -1.26. The number of rotatable bonds is 4. The van der Waals surface area contributed by atoms with E-state index in [1.165, 1.54) is 12.3 Å².